The summed E-state index contributed by atoms with van der Waals surface area (Å²) in [5.41, 5.74) is 0. The lowest BCUT2D eigenvalue weighted by atomic mass is 10.2. The van der Waals surface area contributed by atoms with E-state index >= 15 is 0 Å². The van der Waals surface area contributed by atoms with Crippen LogP contribution >= 0.6 is 0 Å². The minimum atomic E-state index is -3.14. The highest BCUT2D eigenvalue weighted by Crippen LogP contribution is 2.06. The van der Waals surface area contributed by atoms with E-state index in [1.165, 1.54) is 0 Å². The molecule has 0 saturated carbocycles. The number of nitrogens with one attached hydrogen (secondary N) is 1. The van der Waals surface area contributed by atoms with E-state index < -0.39 is 10.0 Å². The third-order valence-electron chi connectivity index (χ3n) is 2.55. The molecular formula is C12H29N3O2S. The van der Waals surface area contributed by atoms with Gasteiger partial charge in [0, 0.05) is 26.2 Å². The zero-order valence-electron chi connectivity index (χ0n) is 12.4. The Morgan fingerprint density at radius 2 is 1.78 bits per heavy atom. The van der Waals surface area contributed by atoms with Gasteiger partial charge < -0.3 is 10.2 Å². The van der Waals surface area contributed by atoms with Crippen molar-refractivity contribution in [1.29, 1.82) is 0 Å². The van der Waals surface area contributed by atoms with E-state index in [0.29, 0.717) is 25.6 Å². The molecule has 110 valence electrons. The Morgan fingerprint density at radius 1 is 1.17 bits per heavy atom. The van der Waals surface area contributed by atoms with Gasteiger partial charge in [-0.15, -0.1) is 0 Å². The average Bonchev–Trinajstić information content (AvgIpc) is 2.23. The summed E-state index contributed by atoms with van der Waals surface area (Å²) >= 11 is 0. The monoisotopic (exact) mass is 279 g/mol. The largest absolute Gasteiger partial charge is 0.316 e. The second-order valence-electron chi connectivity index (χ2n) is 5.22. The van der Waals surface area contributed by atoms with Crippen LogP contribution in [0.15, 0.2) is 0 Å². The molecule has 0 amide bonds. The lowest BCUT2D eigenvalue weighted by Crippen LogP contribution is -2.41. The molecule has 0 atom stereocenters. The molecule has 0 bridgehead atoms. The molecule has 0 spiro atoms. The molecule has 0 fully saturated rings. The first-order chi connectivity index (χ1) is 8.29. The summed E-state index contributed by atoms with van der Waals surface area (Å²) in [6, 6.07) is 0. The minimum Gasteiger partial charge on any atom is -0.316 e. The molecule has 0 heterocycles. The van der Waals surface area contributed by atoms with Crippen molar-refractivity contribution in [3.63, 3.8) is 0 Å². The zero-order chi connectivity index (χ0) is 14.2. The molecule has 0 aliphatic rings. The van der Waals surface area contributed by atoms with E-state index in [9.17, 15) is 8.42 Å². The maximum absolute atomic E-state index is 12.2. The van der Waals surface area contributed by atoms with Crippen LogP contribution < -0.4 is 5.32 Å². The number of hydrogen-bond donors (Lipinski definition) is 1. The molecule has 18 heavy (non-hydrogen) atoms. The molecule has 0 aliphatic carbocycles. The fraction of sp³-hybridized carbons (Fsp3) is 1.00. The van der Waals surface area contributed by atoms with Crippen LogP contribution in [0.3, 0.4) is 0 Å². The maximum Gasteiger partial charge on any atom is 0.215 e. The highest BCUT2D eigenvalue weighted by molar-refractivity contribution is 7.89. The molecule has 0 aromatic heterocycles. The number of sulfonamides is 1. The van der Waals surface area contributed by atoms with Crippen molar-refractivity contribution in [2.24, 2.45) is 5.92 Å². The number of hydrogen-bond acceptors (Lipinski definition) is 4. The van der Waals surface area contributed by atoms with Gasteiger partial charge in [-0.2, -0.15) is 0 Å². The van der Waals surface area contributed by atoms with Crippen LogP contribution in [0.5, 0.6) is 0 Å². The van der Waals surface area contributed by atoms with Gasteiger partial charge >= 0.3 is 0 Å². The van der Waals surface area contributed by atoms with Gasteiger partial charge in [0.1, 0.15) is 0 Å². The van der Waals surface area contributed by atoms with Crippen molar-refractivity contribution in [2.45, 2.75) is 20.8 Å². The first-order valence-corrected chi connectivity index (χ1v) is 8.23. The summed E-state index contributed by atoms with van der Waals surface area (Å²) in [6.07, 6.45) is 0. The van der Waals surface area contributed by atoms with Gasteiger partial charge in [-0.1, -0.05) is 20.8 Å². The lowest BCUT2D eigenvalue weighted by Gasteiger charge is -2.25. The number of nitrogens with zero attached hydrogens (tertiary/aromatic N) is 2. The van der Waals surface area contributed by atoms with Crippen LogP contribution in [-0.4, -0.2) is 70.2 Å². The number of likely N-dealkylation sites (N-methyl/N-ethyl adjacent to an activating group) is 1. The van der Waals surface area contributed by atoms with Crippen molar-refractivity contribution in [1.82, 2.24) is 14.5 Å². The molecule has 0 rings (SSSR count). The lowest BCUT2D eigenvalue weighted by molar-refractivity contribution is 0.312. The quantitative estimate of drug-likeness (QED) is 0.590. The van der Waals surface area contributed by atoms with Crippen LogP contribution in [0.1, 0.15) is 20.8 Å². The normalized spacial score (nSPS) is 12.9. The van der Waals surface area contributed by atoms with Crippen molar-refractivity contribution in [3.05, 3.63) is 0 Å². The van der Waals surface area contributed by atoms with Crippen LogP contribution in [0.2, 0.25) is 0 Å². The topological polar surface area (TPSA) is 52.7 Å². The first kappa shape index (κ1) is 17.8. The first-order valence-electron chi connectivity index (χ1n) is 6.62. The predicted molar refractivity (Wildman–Crippen MR) is 77.3 cm³/mol. The van der Waals surface area contributed by atoms with Gasteiger partial charge in [-0.05, 0) is 26.6 Å². The summed E-state index contributed by atoms with van der Waals surface area (Å²) < 4.78 is 26.1. The SMILES string of the molecule is CCNCCS(=O)(=O)N(CCN(C)C)CC(C)C. The smallest absolute Gasteiger partial charge is 0.215 e. The molecule has 0 aromatic carbocycles. The van der Waals surface area contributed by atoms with Gasteiger partial charge in [-0.3, -0.25) is 0 Å². The fourth-order valence-corrected chi connectivity index (χ4v) is 3.12. The van der Waals surface area contributed by atoms with E-state index in [-0.39, 0.29) is 5.75 Å². The van der Waals surface area contributed by atoms with Crippen LogP contribution in [-0.2, 0) is 10.0 Å². The Bertz CT molecular complexity index is 302. The third-order valence-corrected chi connectivity index (χ3v) is 4.38. The zero-order valence-corrected chi connectivity index (χ0v) is 13.3. The summed E-state index contributed by atoms with van der Waals surface area (Å²) in [4.78, 5) is 2.01. The summed E-state index contributed by atoms with van der Waals surface area (Å²) in [5, 5.41) is 3.06. The molecule has 0 aromatic rings. The summed E-state index contributed by atoms with van der Waals surface area (Å²) in [5.74, 6) is 0.530. The van der Waals surface area contributed by atoms with Crippen molar-refractivity contribution in [3.8, 4) is 0 Å². The van der Waals surface area contributed by atoms with E-state index in [0.717, 1.165) is 13.1 Å². The molecule has 0 aliphatic heterocycles. The van der Waals surface area contributed by atoms with Gasteiger partial charge in [0.15, 0.2) is 0 Å². The Morgan fingerprint density at radius 3 is 2.22 bits per heavy atom. The average molecular weight is 279 g/mol. The van der Waals surface area contributed by atoms with Crippen LogP contribution in [0.4, 0.5) is 0 Å². The predicted octanol–water partition coefficient (Wildman–Crippen LogP) is 0.445. The van der Waals surface area contributed by atoms with Crippen LogP contribution in [0.25, 0.3) is 0 Å². The highest BCUT2D eigenvalue weighted by Gasteiger charge is 2.22. The third kappa shape index (κ3) is 8.02. The molecule has 0 radical (unpaired) electrons. The molecule has 6 heteroatoms. The minimum absolute atomic E-state index is 0.182. The maximum atomic E-state index is 12.2. The van der Waals surface area contributed by atoms with Gasteiger partial charge in [0.25, 0.3) is 0 Å². The van der Waals surface area contributed by atoms with E-state index in [2.05, 4.69) is 5.32 Å². The number of rotatable bonds is 10. The fourth-order valence-electron chi connectivity index (χ4n) is 1.57. The van der Waals surface area contributed by atoms with E-state index in [4.69, 9.17) is 0 Å². The Balaban J connectivity index is 4.50. The van der Waals surface area contributed by atoms with Crippen LogP contribution in [0, 0.1) is 5.92 Å². The summed E-state index contributed by atoms with van der Waals surface area (Å²) in [6.45, 7) is 9.32. The second kappa shape index (κ2) is 8.85. The van der Waals surface area contributed by atoms with Gasteiger partial charge in [0.05, 0.1) is 5.75 Å². The summed E-state index contributed by atoms with van der Waals surface area (Å²) in [7, 11) is 0.773. The molecule has 1 N–H and O–H groups in total. The Hall–Kier alpha value is -0.170. The molecule has 0 saturated heterocycles. The van der Waals surface area contributed by atoms with Crippen molar-refractivity contribution >= 4 is 10.0 Å². The standard InChI is InChI=1S/C12H29N3O2S/c1-6-13-7-10-18(16,17)15(11-12(2)3)9-8-14(4)5/h12-13H,6-11H2,1-5H3. The molecule has 0 unspecified atom stereocenters. The van der Waals surface area contributed by atoms with Crippen molar-refractivity contribution in [2.75, 3.05) is 52.6 Å². The van der Waals surface area contributed by atoms with E-state index in [1.807, 2.05) is 39.8 Å². The Labute approximate surface area is 113 Å². The second-order valence-corrected chi connectivity index (χ2v) is 7.31. The van der Waals surface area contributed by atoms with Crippen molar-refractivity contribution < 1.29 is 8.42 Å². The molecular weight excluding hydrogens is 250 g/mol. The van der Waals surface area contributed by atoms with Gasteiger partial charge in [-0.25, -0.2) is 12.7 Å². The van der Waals surface area contributed by atoms with Gasteiger partial charge in [0.2, 0.25) is 10.0 Å². The van der Waals surface area contributed by atoms with E-state index in [1.54, 1.807) is 4.31 Å². The Kier molecular flexibility index (Phi) is 8.77. The highest BCUT2D eigenvalue weighted by atomic mass is 32.2. The molecule has 5 nitrogen and oxygen atoms in total.